The molecule has 0 unspecified atom stereocenters. The number of ether oxygens (including phenoxy) is 2. The minimum absolute atomic E-state index is 0.0989. The lowest BCUT2D eigenvalue weighted by atomic mass is 9.72. The SMILES string of the molecule is CC1(C)O[C@]2(C)C[C@@]1(C(N)=O)C[C@@H]2OCc1ccccc1. The van der Waals surface area contributed by atoms with Gasteiger partial charge in [-0.3, -0.25) is 4.79 Å². The first-order valence-electron chi connectivity index (χ1n) is 7.45. The average Bonchev–Trinajstić information content (AvgIpc) is 2.82. The first-order valence-corrected chi connectivity index (χ1v) is 7.45. The van der Waals surface area contributed by atoms with Crippen molar-refractivity contribution >= 4 is 5.91 Å². The van der Waals surface area contributed by atoms with Crippen LogP contribution >= 0.6 is 0 Å². The van der Waals surface area contributed by atoms with Crippen molar-refractivity contribution < 1.29 is 14.3 Å². The second-order valence-electron chi connectivity index (χ2n) is 7.04. The van der Waals surface area contributed by atoms with Crippen LogP contribution in [0.15, 0.2) is 30.3 Å². The molecule has 1 aromatic rings. The summed E-state index contributed by atoms with van der Waals surface area (Å²) < 4.78 is 12.2. The second kappa shape index (κ2) is 4.55. The summed E-state index contributed by atoms with van der Waals surface area (Å²) in [5, 5.41) is 0. The zero-order valence-corrected chi connectivity index (χ0v) is 12.9. The maximum Gasteiger partial charge on any atom is 0.226 e. The number of rotatable bonds is 4. The molecular weight excluding hydrogens is 266 g/mol. The molecule has 0 radical (unpaired) electrons. The molecule has 3 rings (SSSR count). The Morgan fingerprint density at radius 2 is 2.00 bits per heavy atom. The second-order valence-corrected chi connectivity index (χ2v) is 7.04. The Balaban J connectivity index is 1.77. The van der Waals surface area contributed by atoms with E-state index >= 15 is 0 Å². The lowest BCUT2D eigenvalue weighted by Gasteiger charge is -2.43. The van der Waals surface area contributed by atoms with Crippen LogP contribution in [-0.4, -0.2) is 23.2 Å². The first kappa shape index (κ1) is 14.5. The highest BCUT2D eigenvalue weighted by atomic mass is 16.6. The first-order chi connectivity index (χ1) is 9.79. The van der Waals surface area contributed by atoms with Gasteiger partial charge in [0.05, 0.1) is 29.3 Å². The fourth-order valence-electron chi connectivity index (χ4n) is 4.05. The van der Waals surface area contributed by atoms with Gasteiger partial charge in [0.25, 0.3) is 0 Å². The van der Waals surface area contributed by atoms with Crippen molar-refractivity contribution in [2.75, 3.05) is 0 Å². The minimum Gasteiger partial charge on any atom is -0.371 e. The highest BCUT2D eigenvalue weighted by Crippen LogP contribution is 2.62. The van der Waals surface area contributed by atoms with Crippen LogP contribution in [0.5, 0.6) is 0 Å². The van der Waals surface area contributed by atoms with Crippen molar-refractivity contribution in [3.63, 3.8) is 0 Å². The molecule has 1 heterocycles. The molecule has 1 amide bonds. The molecule has 1 aliphatic carbocycles. The number of fused-ring (bicyclic) bond motifs is 2. The quantitative estimate of drug-likeness (QED) is 0.926. The van der Waals surface area contributed by atoms with E-state index < -0.39 is 16.6 Å². The van der Waals surface area contributed by atoms with Crippen molar-refractivity contribution in [2.24, 2.45) is 11.1 Å². The van der Waals surface area contributed by atoms with Crippen molar-refractivity contribution in [1.82, 2.24) is 0 Å². The van der Waals surface area contributed by atoms with Crippen LogP contribution in [0.25, 0.3) is 0 Å². The lowest BCUT2D eigenvalue weighted by Crippen LogP contribution is -2.54. The zero-order valence-electron chi connectivity index (χ0n) is 12.9. The molecule has 0 aromatic heterocycles. The van der Waals surface area contributed by atoms with Gasteiger partial charge in [-0.25, -0.2) is 0 Å². The van der Waals surface area contributed by atoms with E-state index in [0.29, 0.717) is 19.4 Å². The maximum atomic E-state index is 12.0. The number of primary amides is 1. The van der Waals surface area contributed by atoms with Crippen molar-refractivity contribution in [1.29, 1.82) is 0 Å². The van der Waals surface area contributed by atoms with Gasteiger partial charge in [0, 0.05) is 0 Å². The molecule has 114 valence electrons. The van der Waals surface area contributed by atoms with Crippen LogP contribution in [-0.2, 0) is 20.9 Å². The monoisotopic (exact) mass is 289 g/mol. The van der Waals surface area contributed by atoms with Crippen molar-refractivity contribution in [3.05, 3.63) is 35.9 Å². The molecule has 1 aromatic carbocycles. The Bertz CT molecular complexity index is 556. The standard InChI is InChI=1S/C17H23NO3/c1-15(2)17(14(18)19)9-13(16(3,11-17)21-15)20-10-12-7-5-4-6-8-12/h4-8,13H,9-11H2,1-3H3,(H2,18,19)/t13-,16+,17+/m0/s1. The van der Waals surface area contributed by atoms with Crippen LogP contribution in [0.1, 0.15) is 39.2 Å². The normalized spacial score (nSPS) is 36.8. The Hall–Kier alpha value is -1.39. The highest BCUT2D eigenvalue weighted by Gasteiger charge is 2.70. The summed E-state index contributed by atoms with van der Waals surface area (Å²) in [4.78, 5) is 12.0. The largest absolute Gasteiger partial charge is 0.371 e. The molecule has 0 spiro atoms. The highest BCUT2D eigenvalue weighted by molar-refractivity contribution is 5.83. The van der Waals surface area contributed by atoms with Gasteiger partial charge in [-0.15, -0.1) is 0 Å². The molecular formula is C17H23NO3. The van der Waals surface area contributed by atoms with Crippen LogP contribution < -0.4 is 5.73 Å². The number of nitrogens with two attached hydrogens (primary N) is 1. The van der Waals surface area contributed by atoms with E-state index in [-0.39, 0.29) is 12.0 Å². The predicted molar refractivity (Wildman–Crippen MR) is 79.4 cm³/mol. The zero-order chi connectivity index (χ0) is 15.3. The summed E-state index contributed by atoms with van der Waals surface area (Å²) in [6.07, 6.45) is 1.18. The summed E-state index contributed by atoms with van der Waals surface area (Å²) >= 11 is 0. The van der Waals surface area contributed by atoms with Gasteiger partial charge in [0.15, 0.2) is 0 Å². The molecule has 21 heavy (non-hydrogen) atoms. The number of hydrogen-bond donors (Lipinski definition) is 1. The third-order valence-electron chi connectivity index (χ3n) is 5.27. The number of carbonyl (C=O) groups is 1. The molecule has 1 saturated heterocycles. The minimum atomic E-state index is -0.622. The van der Waals surface area contributed by atoms with E-state index in [9.17, 15) is 4.79 Å². The Labute approximate surface area is 125 Å². The molecule has 2 fully saturated rings. The van der Waals surface area contributed by atoms with Gasteiger partial charge >= 0.3 is 0 Å². The molecule has 2 bridgehead atoms. The summed E-state index contributed by atoms with van der Waals surface area (Å²) in [7, 11) is 0. The topological polar surface area (TPSA) is 61.5 Å². The summed E-state index contributed by atoms with van der Waals surface area (Å²) in [6, 6.07) is 10.0. The number of carbonyl (C=O) groups excluding carboxylic acids is 1. The molecule has 3 atom stereocenters. The number of benzene rings is 1. The molecule has 2 N–H and O–H groups in total. The molecule has 1 saturated carbocycles. The van der Waals surface area contributed by atoms with Crippen LogP contribution in [0.3, 0.4) is 0 Å². The van der Waals surface area contributed by atoms with Gasteiger partial charge < -0.3 is 15.2 Å². The maximum absolute atomic E-state index is 12.0. The Kier molecular flexibility index (Phi) is 3.15. The van der Waals surface area contributed by atoms with Crippen LogP contribution in [0.4, 0.5) is 0 Å². The molecule has 1 aliphatic heterocycles. The number of hydrogen-bond acceptors (Lipinski definition) is 3. The molecule has 4 heteroatoms. The van der Waals surface area contributed by atoms with Crippen molar-refractivity contribution in [3.8, 4) is 0 Å². The predicted octanol–water partition coefficient (Wildman–Crippen LogP) is 2.40. The van der Waals surface area contributed by atoms with E-state index in [2.05, 4.69) is 0 Å². The smallest absolute Gasteiger partial charge is 0.226 e. The summed E-state index contributed by atoms with van der Waals surface area (Å²) in [5.74, 6) is -0.276. The third-order valence-corrected chi connectivity index (χ3v) is 5.27. The number of amides is 1. The van der Waals surface area contributed by atoms with Gasteiger partial charge in [-0.2, -0.15) is 0 Å². The average molecular weight is 289 g/mol. The Morgan fingerprint density at radius 3 is 2.57 bits per heavy atom. The van der Waals surface area contributed by atoms with Crippen LogP contribution in [0, 0.1) is 5.41 Å². The van der Waals surface area contributed by atoms with E-state index in [4.69, 9.17) is 15.2 Å². The third kappa shape index (κ3) is 2.09. The molecule has 4 nitrogen and oxygen atoms in total. The van der Waals surface area contributed by atoms with E-state index in [0.717, 1.165) is 5.56 Å². The van der Waals surface area contributed by atoms with Gasteiger partial charge in [-0.1, -0.05) is 30.3 Å². The van der Waals surface area contributed by atoms with E-state index in [1.54, 1.807) is 0 Å². The fraction of sp³-hybridized carbons (Fsp3) is 0.588. The summed E-state index contributed by atoms with van der Waals surface area (Å²) in [6.45, 7) is 6.47. The summed E-state index contributed by atoms with van der Waals surface area (Å²) in [5.41, 5.74) is 5.23. The fourth-order valence-corrected chi connectivity index (χ4v) is 4.05. The van der Waals surface area contributed by atoms with Gasteiger partial charge in [-0.05, 0) is 39.2 Å². The van der Waals surface area contributed by atoms with E-state index in [1.165, 1.54) is 0 Å². The van der Waals surface area contributed by atoms with Gasteiger partial charge in [0.1, 0.15) is 0 Å². The Morgan fingerprint density at radius 1 is 1.33 bits per heavy atom. The molecule has 2 aliphatic rings. The van der Waals surface area contributed by atoms with E-state index in [1.807, 2.05) is 51.1 Å². The lowest BCUT2D eigenvalue weighted by molar-refractivity contribution is -0.202. The van der Waals surface area contributed by atoms with Gasteiger partial charge in [0.2, 0.25) is 5.91 Å². The van der Waals surface area contributed by atoms with Crippen molar-refractivity contribution in [2.45, 2.75) is 57.5 Å². The van der Waals surface area contributed by atoms with Crippen LogP contribution in [0.2, 0.25) is 0 Å².